The topological polar surface area (TPSA) is 98.4 Å². The van der Waals surface area contributed by atoms with Gasteiger partial charge in [0.15, 0.2) is 11.6 Å². The van der Waals surface area contributed by atoms with E-state index in [-0.39, 0.29) is 52.2 Å². The van der Waals surface area contributed by atoms with E-state index in [0.29, 0.717) is 11.6 Å². The van der Waals surface area contributed by atoms with E-state index in [0.717, 1.165) is 27.3 Å². The molecule has 0 saturated heterocycles. The third-order valence-corrected chi connectivity index (χ3v) is 7.46. The number of aryl methyl sites for hydroxylation is 1. The van der Waals surface area contributed by atoms with Crippen LogP contribution in [0.3, 0.4) is 0 Å². The van der Waals surface area contributed by atoms with Gasteiger partial charge in [-0.1, -0.05) is 6.58 Å². The predicted octanol–water partition coefficient (Wildman–Crippen LogP) is 4.51. The number of nitriles is 1. The number of alkyl halides is 3. The molecule has 8 nitrogen and oxygen atoms in total. The summed E-state index contributed by atoms with van der Waals surface area (Å²) >= 11 is 0. The zero-order valence-corrected chi connectivity index (χ0v) is 21.9. The van der Waals surface area contributed by atoms with Crippen LogP contribution in [0.1, 0.15) is 22.3 Å². The molecular weight excluding hydrogens is 538 g/mol. The molecule has 0 aliphatic carbocycles. The van der Waals surface area contributed by atoms with E-state index in [9.17, 15) is 31.6 Å². The Labute approximate surface area is 221 Å². The number of hydrogen-bond donors (Lipinski definition) is 1. The molecule has 4 rings (SSSR count). The van der Waals surface area contributed by atoms with E-state index in [1.54, 1.807) is 19.1 Å². The number of halogens is 4. The number of benzene rings is 2. The van der Waals surface area contributed by atoms with Gasteiger partial charge in [0.05, 0.1) is 35.0 Å². The predicted molar refractivity (Wildman–Crippen MR) is 141 cm³/mol. The average molecular weight is 562 g/mol. The van der Waals surface area contributed by atoms with Crippen LogP contribution in [0.15, 0.2) is 54.1 Å². The van der Waals surface area contributed by atoms with Crippen LogP contribution >= 0.6 is 0 Å². The van der Waals surface area contributed by atoms with Gasteiger partial charge in [0.2, 0.25) is 10.0 Å². The smallest absolute Gasteiger partial charge is 0.354 e. The van der Waals surface area contributed by atoms with Crippen LogP contribution in [0.25, 0.3) is 16.5 Å². The minimum atomic E-state index is -4.64. The van der Waals surface area contributed by atoms with Crippen LogP contribution in [0, 0.1) is 24.1 Å². The van der Waals surface area contributed by atoms with Crippen molar-refractivity contribution in [1.29, 1.82) is 5.26 Å². The minimum Gasteiger partial charge on any atom is -0.354 e. The lowest BCUT2D eigenvalue weighted by Gasteiger charge is -2.31. The molecule has 2 heterocycles. The van der Waals surface area contributed by atoms with Crippen LogP contribution in [0.2, 0.25) is 0 Å². The monoisotopic (exact) mass is 561 g/mol. The summed E-state index contributed by atoms with van der Waals surface area (Å²) in [6.45, 7) is 5.69. The second-order valence-electron chi connectivity index (χ2n) is 9.08. The largest absolute Gasteiger partial charge is 0.416 e. The highest BCUT2D eigenvalue weighted by Crippen LogP contribution is 2.35. The normalized spacial score (nSPS) is 14.0. The molecule has 39 heavy (non-hydrogen) atoms. The molecule has 0 unspecified atom stereocenters. The van der Waals surface area contributed by atoms with Crippen LogP contribution < -0.4 is 15.8 Å². The van der Waals surface area contributed by atoms with Gasteiger partial charge in [-0.05, 0) is 42.8 Å². The Morgan fingerprint density at radius 2 is 1.85 bits per heavy atom. The van der Waals surface area contributed by atoms with E-state index in [1.807, 2.05) is 0 Å². The molecule has 0 spiro atoms. The molecule has 1 aliphatic heterocycles. The summed E-state index contributed by atoms with van der Waals surface area (Å²) < 4.78 is 81.5. The van der Waals surface area contributed by atoms with Gasteiger partial charge in [0.1, 0.15) is 6.07 Å². The summed E-state index contributed by atoms with van der Waals surface area (Å²) in [7, 11) is -2.12. The Hall–Kier alpha value is -4.31. The van der Waals surface area contributed by atoms with Crippen molar-refractivity contribution in [1.82, 2.24) is 8.87 Å². The van der Waals surface area contributed by atoms with Crippen molar-refractivity contribution in [3.8, 4) is 6.07 Å². The van der Waals surface area contributed by atoms with E-state index in [2.05, 4.69) is 11.9 Å². The molecule has 1 aromatic heterocycles. The van der Waals surface area contributed by atoms with Gasteiger partial charge < -0.3 is 10.2 Å². The number of nitrogens with one attached hydrogen (secondary N) is 1. The van der Waals surface area contributed by atoms with E-state index < -0.39 is 33.1 Å². The first-order valence-corrected chi connectivity index (χ1v) is 13.3. The van der Waals surface area contributed by atoms with Gasteiger partial charge in [-0.2, -0.15) is 18.4 Å². The molecule has 0 saturated carbocycles. The fourth-order valence-electron chi connectivity index (χ4n) is 4.40. The molecule has 0 fully saturated rings. The molecule has 0 atom stereocenters. The summed E-state index contributed by atoms with van der Waals surface area (Å²) in [5, 5.41) is 12.2. The van der Waals surface area contributed by atoms with Crippen LogP contribution in [-0.2, 0) is 23.2 Å². The molecule has 0 amide bonds. The first-order chi connectivity index (χ1) is 18.1. The third kappa shape index (κ3) is 5.20. The van der Waals surface area contributed by atoms with Crippen molar-refractivity contribution in [2.24, 2.45) is 7.05 Å². The standard InChI is InChI=1S/C26H23F4N5O3S/c1-15-11-19(16(2)32-21-6-5-18(26(28,29)30)13-17(21)14-31)22-20(12-15)25(36)33(3)24(23(22)27)34-7-9-35(10-8-34)39(4,37)38/h5-7,9,11-13,32H,2,8,10H2,1,3-4H3. The van der Waals surface area contributed by atoms with Gasteiger partial charge in [-0.25, -0.2) is 12.8 Å². The van der Waals surface area contributed by atoms with E-state index in [4.69, 9.17) is 0 Å². The summed E-state index contributed by atoms with van der Waals surface area (Å²) in [6.07, 6.45) is -0.968. The maximum Gasteiger partial charge on any atom is 0.416 e. The fourth-order valence-corrected chi connectivity index (χ4v) is 5.09. The fraction of sp³-hybridized carbons (Fsp3) is 0.231. The van der Waals surface area contributed by atoms with Crippen LogP contribution in [-0.4, -0.2) is 36.6 Å². The Kier molecular flexibility index (Phi) is 6.95. The molecule has 1 N–H and O–H groups in total. The summed E-state index contributed by atoms with van der Waals surface area (Å²) in [4.78, 5) is 14.7. The first kappa shape index (κ1) is 27.7. The Morgan fingerprint density at radius 1 is 1.15 bits per heavy atom. The Balaban J connectivity index is 1.84. The number of anilines is 2. The number of hydrogen-bond acceptors (Lipinski definition) is 6. The Morgan fingerprint density at radius 3 is 2.41 bits per heavy atom. The molecule has 1 aliphatic rings. The Bertz CT molecular complexity index is 1750. The zero-order chi connectivity index (χ0) is 28.9. The molecule has 204 valence electrons. The zero-order valence-electron chi connectivity index (χ0n) is 21.1. The lowest BCUT2D eigenvalue weighted by Crippen LogP contribution is -2.40. The van der Waals surface area contributed by atoms with Crippen molar-refractivity contribution >= 4 is 38.0 Å². The summed E-state index contributed by atoms with van der Waals surface area (Å²) in [6, 6.07) is 7.38. The lowest BCUT2D eigenvalue weighted by atomic mass is 9.99. The average Bonchev–Trinajstić information content (AvgIpc) is 2.86. The van der Waals surface area contributed by atoms with Crippen LogP contribution in [0.5, 0.6) is 0 Å². The van der Waals surface area contributed by atoms with Crippen molar-refractivity contribution in [3.05, 3.63) is 87.7 Å². The third-order valence-electron chi connectivity index (χ3n) is 6.30. The SMILES string of the molecule is C=C(Nc1ccc(C(F)(F)F)cc1C#N)c1cc(C)cc2c(=O)n(C)c(N3C=CN(S(C)(=O)=O)CC3)c(F)c12. The number of rotatable bonds is 5. The molecule has 2 aromatic carbocycles. The van der Waals surface area contributed by atoms with Crippen molar-refractivity contribution in [2.75, 3.05) is 29.6 Å². The minimum absolute atomic E-state index is 0.0226. The number of nitrogens with zero attached hydrogens (tertiary/aromatic N) is 4. The van der Waals surface area contributed by atoms with Gasteiger partial charge in [-0.3, -0.25) is 13.7 Å². The number of sulfonamides is 1. The van der Waals surface area contributed by atoms with Gasteiger partial charge in [0, 0.05) is 42.6 Å². The van der Waals surface area contributed by atoms with Crippen molar-refractivity contribution in [2.45, 2.75) is 13.1 Å². The second kappa shape index (κ2) is 9.77. The van der Waals surface area contributed by atoms with Gasteiger partial charge >= 0.3 is 6.18 Å². The number of pyridine rings is 1. The van der Waals surface area contributed by atoms with Crippen molar-refractivity contribution < 1.29 is 26.0 Å². The number of aromatic nitrogens is 1. The quantitative estimate of drug-likeness (QED) is 0.461. The number of fused-ring (bicyclic) bond motifs is 1. The highest BCUT2D eigenvalue weighted by Gasteiger charge is 2.31. The van der Waals surface area contributed by atoms with Crippen LogP contribution in [0.4, 0.5) is 29.1 Å². The summed E-state index contributed by atoms with van der Waals surface area (Å²) in [5.41, 5.74) is -0.980. The van der Waals surface area contributed by atoms with Gasteiger partial charge in [0.25, 0.3) is 5.56 Å². The highest BCUT2D eigenvalue weighted by atomic mass is 32.2. The first-order valence-electron chi connectivity index (χ1n) is 11.5. The maximum atomic E-state index is 16.2. The highest BCUT2D eigenvalue weighted by molar-refractivity contribution is 7.88. The lowest BCUT2D eigenvalue weighted by molar-refractivity contribution is -0.137. The van der Waals surface area contributed by atoms with E-state index in [1.165, 1.54) is 30.4 Å². The summed E-state index contributed by atoms with van der Waals surface area (Å²) in [5.74, 6) is -0.891. The molecule has 3 aromatic rings. The van der Waals surface area contributed by atoms with E-state index >= 15 is 4.39 Å². The molecular formula is C26H23F4N5O3S. The van der Waals surface area contributed by atoms with Crippen molar-refractivity contribution in [3.63, 3.8) is 0 Å². The second-order valence-corrected chi connectivity index (χ2v) is 11.0. The maximum absolute atomic E-state index is 16.2. The molecule has 13 heteroatoms. The molecule has 0 bridgehead atoms. The van der Waals surface area contributed by atoms with Gasteiger partial charge in [-0.15, -0.1) is 0 Å². The molecule has 0 radical (unpaired) electrons.